The molecule has 0 aliphatic carbocycles. The second-order valence-electron chi connectivity index (χ2n) is 7.54. The zero-order valence-electron chi connectivity index (χ0n) is 18.1. The van der Waals surface area contributed by atoms with Crippen molar-refractivity contribution in [3.05, 3.63) is 29.3 Å². The lowest BCUT2D eigenvalue weighted by Crippen LogP contribution is -2.45. The van der Waals surface area contributed by atoms with Gasteiger partial charge in [0.15, 0.2) is 5.96 Å². The number of aliphatic imine (C=N–C) groups is 1. The minimum atomic E-state index is 0.658. The predicted octanol–water partition coefficient (Wildman–Crippen LogP) is 2.95. The molecular weight excluding hydrogens is 352 g/mol. The number of hydrogen-bond acceptors (Lipinski definition) is 4. The van der Waals surface area contributed by atoms with Crippen LogP contribution in [0.25, 0.3) is 0 Å². The van der Waals surface area contributed by atoms with Gasteiger partial charge in [0, 0.05) is 58.4 Å². The van der Waals surface area contributed by atoms with E-state index in [1.165, 1.54) is 31.4 Å². The number of piperidine rings is 1. The summed E-state index contributed by atoms with van der Waals surface area (Å²) in [6, 6.07) is 7.03. The first kappa shape index (κ1) is 22.5. The second kappa shape index (κ2) is 12.6. The molecular formula is C22H38N4O2. The maximum Gasteiger partial charge on any atom is 0.191 e. The third kappa shape index (κ3) is 7.68. The van der Waals surface area contributed by atoms with Crippen molar-refractivity contribution in [2.24, 2.45) is 4.99 Å². The van der Waals surface area contributed by atoms with Crippen LogP contribution in [0.15, 0.2) is 23.2 Å². The third-order valence-corrected chi connectivity index (χ3v) is 5.27. The van der Waals surface area contributed by atoms with E-state index < -0.39 is 0 Å². The summed E-state index contributed by atoms with van der Waals surface area (Å²) in [7, 11) is 3.53. The van der Waals surface area contributed by atoms with Gasteiger partial charge in [0.2, 0.25) is 0 Å². The summed E-state index contributed by atoms with van der Waals surface area (Å²) < 4.78 is 11.1. The second-order valence-corrected chi connectivity index (χ2v) is 7.54. The van der Waals surface area contributed by atoms with Gasteiger partial charge in [0.05, 0.1) is 6.61 Å². The predicted molar refractivity (Wildman–Crippen MR) is 116 cm³/mol. The highest BCUT2D eigenvalue weighted by atomic mass is 16.5. The standard InChI is InChI=1S/C22H38N4O2/c1-18-9-10-20(21(16-18)28-15-7-14-27-4)17-25-22(23-3)24-11-13-26-12-6-5-8-19(26)2/h9-10,16,19H,5-8,11-15,17H2,1-4H3,(H2,23,24,25). The Morgan fingerprint density at radius 2 is 2.11 bits per heavy atom. The molecule has 1 saturated heterocycles. The first-order chi connectivity index (χ1) is 13.6. The molecule has 1 unspecified atom stereocenters. The van der Waals surface area contributed by atoms with Crippen LogP contribution in [0, 0.1) is 6.92 Å². The van der Waals surface area contributed by atoms with Gasteiger partial charge in [-0.05, 0) is 44.9 Å². The number of methoxy groups -OCH3 is 1. The summed E-state index contributed by atoms with van der Waals surface area (Å²) in [6.07, 6.45) is 4.88. The number of rotatable bonds is 10. The van der Waals surface area contributed by atoms with E-state index in [4.69, 9.17) is 9.47 Å². The Kier molecular flexibility index (Phi) is 10.1. The summed E-state index contributed by atoms with van der Waals surface area (Å²) in [4.78, 5) is 6.92. The Balaban J connectivity index is 1.80. The number of ether oxygens (including phenoxy) is 2. The van der Waals surface area contributed by atoms with Gasteiger partial charge in [-0.15, -0.1) is 0 Å². The number of guanidine groups is 1. The summed E-state index contributed by atoms with van der Waals surface area (Å²) in [5.74, 6) is 1.76. The molecule has 1 aliphatic rings. The highest BCUT2D eigenvalue weighted by molar-refractivity contribution is 5.79. The summed E-state index contributed by atoms with van der Waals surface area (Å²) in [5.41, 5.74) is 2.33. The molecule has 0 amide bonds. The normalized spacial score (nSPS) is 18.1. The molecule has 1 aromatic carbocycles. The van der Waals surface area contributed by atoms with Crippen LogP contribution >= 0.6 is 0 Å². The van der Waals surface area contributed by atoms with E-state index in [-0.39, 0.29) is 0 Å². The van der Waals surface area contributed by atoms with E-state index in [0.717, 1.165) is 36.8 Å². The lowest BCUT2D eigenvalue weighted by atomic mass is 10.0. The van der Waals surface area contributed by atoms with Crippen LogP contribution in [0.1, 0.15) is 43.7 Å². The van der Waals surface area contributed by atoms with E-state index >= 15 is 0 Å². The average Bonchev–Trinajstić information content (AvgIpc) is 2.70. The number of nitrogens with one attached hydrogen (secondary N) is 2. The molecule has 0 spiro atoms. The lowest BCUT2D eigenvalue weighted by Gasteiger charge is -2.33. The summed E-state index contributed by atoms with van der Waals surface area (Å²) in [5, 5.41) is 6.85. The molecule has 6 nitrogen and oxygen atoms in total. The zero-order chi connectivity index (χ0) is 20.2. The maximum atomic E-state index is 5.97. The Bertz CT molecular complexity index is 606. The van der Waals surface area contributed by atoms with Crippen molar-refractivity contribution in [1.29, 1.82) is 0 Å². The number of hydrogen-bond donors (Lipinski definition) is 2. The number of aryl methyl sites for hydroxylation is 1. The summed E-state index contributed by atoms with van der Waals surface area (Å²) in [6.45, 7) is 9.64. The Morgan fingerprint density at radius 3 is 2.86 bits per heavy atom. The van der Waals surface area contributed by atoms with E-state index in [0.29, 0.717) is 25.8 Å². The number of likely N-dealkylation sites (tertiary alicyclic amines) is 1. The quantitative estimate of drug-likeness (QED) is 0.365. The molecule has 1 aromatic rings. The molecule has 6 heteroatoms. The van der Waals surface area contributed by atoms with Gasteiger partial charge in [0.25, 0.3) is 0 Å². The third-order valence-electron chi connectivity index (χ3n) is 5.27. The van der Waals surface area contributed by atoms with E-state index in [9.17, 15) is 0 Å². The van der Waals surface area contributed by atoms with Crippen molar-refractivity contribution in [2.75, 3.05) is 47.0 Å². The van der Waals surface area contributed by atoms with Gasteiger partial charge in [-0.25, -0.2) is 0 Å². The van der Waals surface area contributed by atoms with Crippen molar-refractivity contribution in [3.8, 4) is 5.75 Å². The Labute approximate surface area is 170 Å². The van der Waals surface area contributed by atoms with Crippen LogP contribution in [0.3, 0.4) is 0 Å². The van der Waals surface area contributed by atoms with Crippen LogP contribution in [0.2, 0.25) is 0 Å². The van der Waals surface area contributed by atoms with Crippen molar-refractivity contribution in [3.63, 3.8) is 0 Å². The van der Waals surface area contributed by atoms with Gasteiger partial charge in [-0.2, -0.15) is 0 Å². The fourth-order valence-corrected chi connectivity index (χ4v) is 3.53. The first-order valence-corrected chi connectivity index (χ1v) is 10.5. The smallest absolute Gasteiger partial charge is 0.191 e. The molecule has 1 atom stereocenters. The van der Waals surface area contributed by atoms with Crippen LogP contribution in [0.5, 0.6) is 5.75 Å². The van der Waals surface area contributed by atoms with Gasteiger partial charge >= 0.3 is 0 Å². The van der Waals surface area contributed by atoms with Gasteiger partial charge in [-0.1, -0.05) is 18.6 Å². The lowest BCUT2D eigenvalue weighted by molar-refractivity contribution is 0.163. The topological polar surface area (TPSA) is 58.1 Å². The minimum absolute atomic E-state index is 0.658. The SMILES string of the molecule is CN=C(NCCN1CCCCC1C)NCc1ccc(C)cc1OCCCOC. The van der Waals surface area contributed by atoms with Crippen LogP contribution in [-0.2, 0) is 11.3 Å². The highest BCUT2D eigenvalue weighted by Gasteiger charge is 2.17. The zero-order valence-corrected chi connectivity index (χ0v) is 18.1. The summed E-state index contributed by atoms with van der Waals surface area (Å²) >= 11 is 0. The van der Waals surface area contributed by atoms with E-state index in [2.05, 4.69) is 52.6 Å². The van der Waals surface area contributed by atoms with Gasteiger partial charge in [0.1, 0.15) is 5.75 Å². The molecule has 2 rings (SSSR count). The van der Waals surface area contributed by atoms with E-state index in [1.807, 2.05) is 7.05 Å². The largest absolute Gasteiger partial charge is 0.493 e. The van der Waals surface area contributed by atoms with Crippen molar-refractivity contribution in [2.45, 2.75) is 52.1 Å². The average molecular weight is 391 g/mol. The molecule has 1 fully saturated rings. The molecule has 2 N–H and O–H groups in total. The highest BCUT2D eigenvalue weighted by Crippen LogP contribution is 2.20. The minimum Gasteiger partial charge on any atom is -0.493 e. The number of benzene rings is 1. The van der Waals surface area contributed by atoms with Gasteiger partial charge in [-0.3, -0.25) is 9.89 Å². The van der Waals surface area contributed by atoms with Crippen molar-refractivity contribution >= 4 is 5.96 Å². The van der Waals surface area contributed by atoms with E-state index in [1.54, 1.807) is 7.11 Å². The molecule has 28 heavy (non-hydrogen) atoms. The van der Waals surface area contributed by atoms with Gasteiger partial charge < -0.3 is 20.1 Å². The molecule has 1 aliphatic heterocycles. The molecule has 158 valence electrons. The molecule has 1 heterocycles. The van der Waals surface area contributed by atoms with Crippen molar-refractivity contribution < 1.29 is 9.47 Å². The molecule has 0 bridgehead atoms. The van der Waals surface area contributed by atoms with Crippen molar-refractivity contribution in [1.82, 2.24) is 15.5 Å². The first-order valence-electron chi connectivity index (χ1n) is 10.5. The Hall–Kier alpha value is -1.79. The van der Waals surface area contributed by atoms with Crippen LogP contribution in [-0.4, -0.2) is 63.9 Å². The van der Waals surface area contributed by atoms with Crippen LogP contribution in [0.4, 0.5) is 0 Å². The molecule has 0 aromatic heterocycles. The fourth-order valence-electron chi connectivity index (χ4n) is 3.53. The van der Waals surface area contributed by atoms with Crippen LogP contribution < -0.4 is 15.4 Å². The number of nitrogens with zero attached hydrogens (tertiary/aromatic N) is 2. The Morgan fingerprint density at radius 1 is 1.25 bits per heavy atom. The molecule has 0 radical (unpaired) electrons. The monoisotopic (exact) mass is 390 g/mol. The maximum absolute atomic E-state index is 5.97. The molecule has 0 saturated carbocycles. The fraction of sp³-hybridized carbons (Fsp3) is 0.682.